The highest BCUT2D eigenvalue weighted by Gasteiger charge is 2.54. The Bertz CT molecular complexity index is 3940. The van der Waals surface area contributed by atoms with Gasteiger partial charge in [0.05, 0.1) is 11.1 Å². The molecule has 1 heterocycles. The van der Waals surface area contributed by atoms with Crippen LogP contribution in [0.2, 0.25) is 0 Å². The highest BCUT2D eigenvalue weighted by molar-refractivity contribution is 6.07. The van der Waals surface area contributed by atoms with E-state index in [2.05, 4.69) is 245 Å². The molecule has 2 heteroatoms. The highest BCUT2D eigenvalue weighted by Crippen LogP contribution is 2.66. The Hall–Kier alpha value is -8.20. The van der Waals surface area contributed by atoms with Gasteiger partial charge in [0.1, 0.15) is 11.2 Å². The topological polar surface area (TPSA) is 16.4 Å². The summed E-state index contributed by atoms with van der Waals surface area (Å²) >= 11 is 0. The summed E-state index contributed by atoms with van der Waals surface area (Å²) < 4.78 is 6.56. The van der Waals surface area contributed by atoms with Gasteiger partial charge in [0, 0.05) is 38.5 Å². The number of benzene rings is 10. The van der Waals surface area contributed by atoms with Crippen molar-refractivity contribution in [2.75, 3.05) is 4.90 Å². The summed E-state index contributed by atoms with van der Waals surface area (Å²) in [5, 5.41) is 2.28. The molecule has 15 rings (SSSR count). The molecule has 4 aliphatic rings. The molecule has 0 aliphatic heterocycles. The number of hydrogen-bond acceptors (Lipinski definition) is 2. The number of nitrogens with zero attached hydrogens (tertiary/aromatic N) is 1. The molecule has 1 unspecified atom stereocenters. The molecule has 11 aromatic rings. The second-order valence-electron chi connectivity index (χ2n) is 20.7. The maximum atomic E-state index is 6.56. The van der Waals surface area contributed by atoms with Gasteiger partial charge in [0.2, 0.25) is 0 Å². The summed E-state index contributed by atoms with van der Waals surface area (Å²) in [6.45, 7) is 9.55. The molecule has 0 fully saturated rings. The van der Waals surface area contributed by atoms with E-state index in [0.29, 0.717) is 0 Å². The Balaban J connectivity index is 1.01. The van der Waals surface area contributed by atoms with Gasteiger partial charge in [0.25, 0.3) is 0 Å². The largest absolute Gasteiger partial charge is 0.456 e. The van der Waals surface area contributed by atoms with Gasteiger partial charge in [0.15, 0.2) is 0 Å². The SMILES string of the molecule is CC1(C)c2ccccc2-c2ccc(N(c3ccc4c(c3)C(C)(C)c3ccccc3-4)c3cccc4c3-c3ccccc3C43c4ccccc4-c4cccc(-c5ccc6c(c5)oc5ccccc56)c43)cc21. The van der Waals surface area contributed by atoms with Crippen molar-refractivity contribution < 1.29 is 4.42 Å². The summed E-state index contributed by atoms with van der Waals surface area (Å²) in [6.07, 6.45) is 0. The van der Waals surface area contributed by atoms with Gasteiger partial charge in [-0.05, 0) is 143 Å². The predicted octanol–water partition coefficient (Wildman–Crippen LogP) is 17.7. The Morgan fingerprint density at radius 1 is 0.333 bits per heavy atom. The van der Waals surface area contributed by atoms with Crippen LogP contribution in [0.4, 0.5) is 17.1 Å². The molecule has 2 nitrogen and oxygen atoms in total. The minimum Gasteiger partial charge on any atom is -0.456 e. The van der Waals surface area contributed by atoms with E-state index in [1.807, 2.05) is 0 Å². The second kappa shape index (κ2) is 13.5. The van der Waals surface area contributed by atoms with Crippen molar-refractivity contribution in [2.24, 2.45) is 0 Å². The van der Waals surface area contributed by atoms with Crippen LogP contribution in [0.5, 0.6) is 0 Å². The second-order valence-corrected chi connectivity index (χ2v) is 20.7. The zero-order valence-electron chi connectivity index (χ0n) is 39.1. The summed E-state index contributed by atoms with van der Waals surface area (Å²) in [6, 6.07) is 80.1. The molecule has 0 N–H and O–H groups in total. The third kappa shape index (κ3) is 4.91. The highest BCUT2D eigenvalue weighted by atomic mass is 16.3. The first-order valence-corrected chi connectivity index (χ1v) is 24.4. The first kappa shape index (κ1) is 38.9. The lowest BCUT2D eigenvalue weighted by Crippen LogP contribution is -2.26. The minimum atomic E-state index is -0.595. The number of furan rings is 1. The van der Waals surface area contributed by atoms with Crippen molar-refractivity contribution in [1.82, 2.24) is 0 Å². The van der Waals surface area contributed by atoms with Gasteiger partial charge in [-0.25, -0.2) is 0 Å². The number of anilines is 3. The molecule has 4 aliphatic carbocycles. The maximum absolute atomic E-state index is 6.56. The molecule has 10 aromatic carbocycles. The molecule has 0 amide bonds. The third-order valence-corrected chi connectivity index (χ3v) is 16.7. The van der Waals surface area contributed by atoms with Crippen molar-refractivity contribution in [1.29, 1.82) is 0 Å². The lowest BCUT2D eigenvalue weighted by Gasteiger charge is -2.33. The monoisotopic (exact) mass is 881 g/mol. The molecule has 0 bridgehead atoms. The van der Waals surface area contributed by atoms with Crippen LogP contribution in [0.1, 0.15) is 72.2 Å². The van der Waals surface area contributed by atoms with Gasteiger partial charge in [-0.1, -0.05) is 191 Å². The van der Waals surface area contributed by atoms with Crippen molar-refractivity contribution in [3.05, 3.63) is 257 Å². The molecule has 326 valence electrons. The number of fused-ring (bicyclic) bond motifs is 19. The lowest BCUT2D eigenvalue weighted by molar-refractivity contribution is 0.660. The van der Waals surface area contributed by atoms with Gasteiger partial charge in [-0.2, -0.15) is 0 Å². The first-order valence-electron chi connectivity index (χ1n) is 24.4. The summed E-state index contributed by atoms with van der Waals surface area (Å²) in [5.74, 6) is 0. The van der Waals surface area contributed by atoms with E-state index in [1.165, 1.54) is 100 Å². The Morgan fingerprint density at radius 3 is 1.48 bits per heavy atom. The van der Waals surface area contributed by atoms with E-state index in [0.717, 1.165) is 38.9 Å². The molecular weight excluding hydrogens is 835 g/mol. The van der Waals surface area contributed by atoms with Crippen molar-refractivity contribution in [2.45, 2.75) is 43.9 Å². The Kier molecular flexibility index (Phi) is 7.60. The summed E-state index contributed by atoms with van der Waals surface area (Å²) in [4.78, 5) is 2.58. The molecule has 1 spiro atoms. The van der Waals surface area contributed by atoms with E-state index in [9.17, 15) is 0 Å². The van der Waals surface area contributed by atoms with Gasteiger partial charge >= 0.3 is 0 Å². The van der Waals surface area contributed by atoms with E-state index in [1.54, 1.807) is 0 Å². The average molecular weight is 882 g/mol. The van der Waals surface area contributed by atoms with E-state index in [-0.39, 0.29) is 10.8 Å². The predicted molar refractivity (Wildman–Crippen MR) is 285 cm³/mol. The quantitative estimate of drug-likeness (QED) is 0.175. The number of para-hydroxylation sites is 1. The molecule has 1 atom stereocenters. The Labute approximate surface area is 402 Å². The zero-order chi connectivity index (χ0) is 46.0. The summed E-state index contributed by atoms with van der Waals surface area (Å²) in [7, 11) is 0. The average Bonchev–Trinajstić information content (AvgIpc) is 4.13. The molecular formula is C67H47NO. The minimum absolute atomic E-state index is 0.163. The van der Waals surface area contributed by atoms with Crippen LogP contribution < -0.4 is 4.90 Å². The fraction of sp³-hybridized carbons (Fsp3) is 0.104. The smallest absolute Gasteiger partial charge is 0.136 e. The molecule has 0 saturated heterocycles. The Morgan fingerprint density at radius 2 is 0.812 bits per heavy atom. The van der Waals surface area contributed by atoms with Crippen LogP contribution in [0.25, 0.3) is 77.6 Å². The van der Waals surface area contributed by atoms with Crippen LogP contribution in [0, 0.1) is 0 Å². The number of hydrogen-bond donors (Lipinski definition) is 0. The first-order chi connectivity index (χ1) is 33.7. The molecule has 1 aromatic heterocycles. The van der Waals surface area contributed by atoms with E-state index in [4.69, 9.17) is 4.42 Å². The third-order valence-electron chi connectivity index (χ3n) is 16.7. The summed E-state index contributed by atoms with van der Waals surface area (Å²) in [5.41, 5.74) is 27.9. The lowest BCUT2D eigenvalue weighted by atomic mass is 9.68. The van der Waals surface area contributed by atoms with Crippen molar-refractivity contribution in [3.63, 3.8) is 0 Å². The molecule has 69 heavy (non-hydrogen) atoms. The van der Waals surface area contributed by atoms with Crippen LogP contribution in [0.3, 0.4) is 0 Å². The van der Waals surface area contributed by atoms with Crippen LogP contribution in [-0.4, -0.2) is 0 Å². The van der Waals surface area contributed by atoms with Crippen molar-refractivity contribution in [3.8, 4) is 55.6 Å². The fourth-order valence-corrected chi connectivity index (χ4v) is 13.6. The van der Waals surface area contributed by atoms with Crippen LogP contribution in [0.15, 0.2) is 217 Å². The number of rotatable bonds is 4. The zero-order valence-corrected chi connectivity index (χ0v) is 39.1. The molecule has 0 saturated carbocycles. The standard InChI is InChI=1S/C67H47NO/c1-65(2)53-24-10-5-17-44(53)47-35-32-41(38-58(47)65)68(42-33-36-48-45-18-6-11-25-54(45)66(3,4)59(48)39-42)60-29-16-28-57-63(60)52-21-8-13-27-56(52)67(57)55-26-12-7-19-46(55)51-23-15-22-43(64(51)67)40-31-34-50-49-20-9-14-30-61(49)69-62(50)37-40/h5-39H,1-4H3. The molecule has 0 radical (unpaired) electrons. The van der Waals surface area contributed by atoms with E-state index >= 15 is 0 Å². The normalized spacial score (nSPS) is 16.7. The van der Waals surface area contributed by atoms with Gasteiger partial charge in [-0.15, -0.1) is 0 Å². The maximum Gasteiger partial charge on any atom is 0.136 e. The van der Waals surface area contributed by atoms with E-state index < -0.39 is 5.41 Å². The van der Waals surface area contributed by atoms with Gasteiger partial charge < -0.3 is 9.32 Å². The van der Waals surface area contributed by atoms with Gasteiger partial charge in [-0.3, -0.25) is 0 Å². The van der Waals surface area contributed by atoms with Crippen molar-refractivity contribution >= 4 is 39.0 Å². The fourth-order valence-electron chi connectivity index (χ4n) is 13.6. The van der Waals surface area contributed by atoms with Crippen LogP contribution >= 0.6 is 0 Å². The van der Waals surface area contributed by atoms with Crippen LogP contribution in [-0.2, 0) is 16.2 Å².